The van der Waals surface area contributed by atoms with Gasteiger partial charge in [0.25, 0.3) is 0 Å². The van der Waals surface area contributed by atoms with E-state index in [0.29, 0.717) is 5.02 Å². The van der Waals surface area contributed by atoms with Gasteiger partial charge in [0, 0.05) is 4.90 Å². The van der Waals surface area contributed by atoms with Crippen molar-refractivity contribution in [3.05, 3.63) is 28.8 Å². The molecule has 0 spiro atoms. The molecule has 2 N–H and O–H groups in total. The van der Waals surface area contributed by atoms with E-state index >= 15 is 0 Å². The van der Waals surface area contributed by atoms with E-state index < -0.39 is 0 Å². The highest BCUT2D eigenvalue weighted by molar-refractivity contribution is 7.80. The Bertz CT molecular complexity index is 276. The SMILES string of the molecule is NCCCCc1ccc(Cl)c(S)c1. The van der Waals surface area contributed by atoms with E-state index in [9.17, 15) is 0 Å². The van der Waals surface area contributed by atoms with Crippen molar-refractivity contribution >= 4 is 24.2 Å². The molecule has 0 saturated carbocycles. The van der Waals surface area contributed by atoms with Crippen LogP contribution in [-0.4, -0.2) is 6.54 Å². The second-order valence-corrected chi connectivity index (χ2v) is 3.92. The Morgan fingerprint density at radius 3 is 2.69 bits per heavy atom. The van der Waals surface area contributed by atoms with Crippen molar-refractivity contribution in [1.29, 1.82) is 0 Å². The van der Waals surface area contributed by atoms with Crippen LogP contribution in [0.4, 0.5) is 0 Å². The van der Waals surface area contributed by atoms with Crippen molar-refractivity contribution < 1.29 is 0 Å². The molecule has 1 rings (SSSR count). The lowest BCUT2D eigenvalue weighted by atomic mass is 10.1. The molecule has 0 atom stereocenters. The van der Waals surface area contributed by atoms with Gasteiger partial charge in [-0.1, -0.05) is 17.7 Å². The highest BCUT2D eigenvalue weighted by atomic mass is 35.5. The first-order valence-electron chi connectivity index (χ1n) is 4.41. The average Bonchev–Trinajstić information content (AvgIpc) is 2.12. The molecular formula is C10H14ClNS. The lowest BCUT2D eigenvalue weighted by molar-refractivity contribution is 0.744. The summed E-state index contributed by atoms with van der Waals surface area (Å²) < 4.78 is 0. The number of unbranched alkanes of at least 4 members (excludes halogenated alkanes) is 1. The molecule has 3 heteroatoms. The second kappa shape index (κ2) is 5.53. The molecule has 0 aliphatic carbocycles. The number of nitrogens with two attached hydrogens (primary N) is 1. The van der Waals surface area contributed by atoms with Gasteiger partial charge >= 0.3 is 0 Å². The third-order valence-corrected chi connectivity index (χ3v) is 2.76. The van der Waals surface area contributed by atoms with Crippen molar-refractivity contribution in [2.24, 2.45) is 5.73 Å². The number of benzene rings is 1. The van der Waals surface area contributed by atoms with E-state index in [2.05, 4.69) is 12.6 Å². The minimum atomic E-state index is 0.714. The van der Waals surface area contributed by atoms with E-state index in [1.807, 2.05) is 18.2 Å². The average molecular weight is 216 g/mol. The van der Waals surface area contributed by atoms with Crippen molar-refractivity contribution in [3.63, 3.8) is 0 Å². The van der Waals surface area contributed by atoms with Gasteiger partial charge in [-0.25, -0.2) is 0 Å². The van der Waals surface area contributed by atoms with Crippen molar-refractivity contribution in [2.75, 3.05) is 6.54 Å². The third kappa shape index (κ3) is 3.59. The molecule has 0 unspecified atom stereocenters. The monoisotopic (exact) mass is 215 g/mol. The van der Waals surface area contributed by atoms with Crippen LogP contribution in [0.5, 0.6) is 0 Å². The maximum Gasteiger partial charge on any atom is 0.0539 e. The van der Waals surface area contributed by atoms with Gasteiger partial charge in [-0.3, -0.25) is 0 Å². The van der Waals surface area contributed by atoms with Crippen LogP contribution in [0.2, 0.25) is 5.02 Å². The summed E-state index contributed by atoms with van der Waals surface area (Å²) in [7, 11) is 0. The van der Waals surface area contributed by atoms with Crippen LogP contribution in [0, 0.1) is 0 Å². The van der Waals surface area contributed by atoms with Crippen molar-refractivity contribution in [3.8, 4) is 0 Å². The lowest BCUT2D eigenvalue weighted by Gasteiger charge is -2.02. The van der Waals surface area contributed by atoms with E-state index in [-0.39, 0.29) is 0 Å². The minimum absolute atomic E-state index is 0.714. The normalized spacial score (nSPS) is 10.4. The Morgan fingerprint density at radius 1 is 1.31 bits per heavy atom. The highest BCUT2D eigenvalue weighted by Crippen LogP contribution is 2.21. The molecular weight excluding hydrogens is 202 g/mol. The summed E-state index contributed by atoms with van der Waals surface area (Å²) in [4.78, 5) is 0.854. The van der Waals surface area contributed by atoms with Gasteiger partial charge in [0.2, 0.25) is 0 Å². The second-order valence-electron chi connectivity index (χ2n) is 3.03. The summed E-state index contributed by atoms with van der Waals surface area (Å²) in [5.41, 5.74) is 6.69. The van der Waals surface area contributed by atoms with E-state index in [1.165, 1.54) is 5.56 Å². The molecule has 13 heavy (non-hydrogen) atoms. The smallest absolute Gasteiger partial charge is 0.0539 e. The molecule has 0 saturated heterocycles. The highest BCUT2D eigenvalue weighted by Gasteiger charge is 1.97. The predicted octanol–water partition coefficient (Wildman–Crippen LogP) is 2.91. The van der Waals surface area contributed by atoms with Crippen molar-refractivity contribution in [1.82, 2.24) is 0 Å². The molecule has 1 aromatic rings. The largest absolute Gasteiger partial charge is 0.330 e. The van der Waals surface area contributed by atoms with Crippen LogP contribution in [0.1, 0.15) is 18.4 Å². The summed E-state index contributed by atoms with van der Waals surface area (Å²) in [5.74, 6) is 0. The van der Waals surface area contributed by atoms with Gasteiger partial charge in [-0.15, -0.1) is 12.6 Å². The van der Waals surface area contributed by atoms with Crippen LogP contribution in [0.3, 0.4) is 0 Å². The van der Waals surface area contributed by atoms with Crippen molar-refractivity contribution in [2.45, 2.75) is 24.2 Å². The standard InChI is InChI=1S/C10H14ClNS/c11-9-5-4-8(7-10(9)13)3-1-2-6-12/h4-5,7,13H,1-3,6,12H2. The number of aryl methyl sites for hydroxylation is 1. The number of hydrogen-bond acceptors (Lipinski definition) is 2. The summed E-state index contributed by atoms with van der Waals surface area (Å²) >= 11 is 10.1. The molecule has 72 valence electrons. The maximum atomic E-state index is 5.85. The predicted molar refractivity (Wildman–Crippen MR) is 60.7 cm³/mol. The molecule has 0 heterocycles. The Balaban J connectivity index is 2.53. The fraction of sp³-hybridized carbons (Fsp3) is 0.400. The molecule has 0 aliphatic rings. The Kier molecular flexibility index (Phi) is 4.64. The first-order valence-corrected chi connectivity index (χ1v) is 5.24. The van der Waals surface area contributed by atoms with Crippen LogP contribution >= 0.6 is 24.2 Å². The van der Waals surface area contributed by atoms with E-state index in [0.717, 1.165) is 30.7 Å². The zero-order valence-electron chi connectivity index (χ0n) is 7.46. The van der Waals surface area contributed by atoms with Gasteiger partial charge in [0.15, 0.2) is 0 Å². The summed E-state index contributed by atoms with van der Waals surface area (Å²) in [6.45, 7) is 0.765. The first-order chi connectivity index (χ1) is 6.24. The summed E-state index contributed by atoms with van der Waals surface area (Å²) in [5, 5.41) is 0.714. The molecule has 0 radical (unpaired) electrons. The lowest BCUT2D eigenvalue weighted by Crippen LogP contribution is -1.98. The van der Waals surface area contributed by atoms with Crippen LogP contribution in [0.15, 0.2) is 23.1 Å². The molecule has 0 fully saturated rings. The summed E-state index contributed by atoms with van der Waals surface area (Å²) in [6.07, 6.45) is 3.26. The molecule has 0 bridgehead atoms. The maximum absolute atomic E-state index is 5.85. The number of rotatable bonds is 4. The number of halogens is 1. The zero-order valence-corrected chi connectivity index (χ0v) is 9.11. The van der Waals surface area contributed by atoms with Crippen LogP contribution in [-0.2, 0) is 6.42 Å². The molecule has 1 nitrogen and oxygen atoms in total. The molecule has 1 aromatic carbocycles. The van der Waals surface area contributed by atoms with Gasteiger partial charge in [0.1, 0.15) is 0 Å². The van der Waals surface area contributed by atoms with E-state index in [4.69, 9.17) is 17.3 Å². The van der Waals surface area contributed by atoms with Gasteiger partial charge < -0.3 is 5.73 Å². The Labute approximate surface area is 89.7 Å². The van der Waals surface area contributed by atoms with Gasteiger partial charge in [-0.2, -0.15) is 0 Å². The molecule has 0 amide bonds. The van der Waals surface area contributed by atoms with E-state index in [1.54, 1.807) is 0 Å². The first kappa shape index (κ1) is 10.9. The zero-order chi connectivity index (χ0) is 9.68. The van der Waals surface area contributed by atoms with Gasteiger partial charge in [0.05, 0.1) is 5.02 Å². The topological polar surface area (TPSA) is 26.0 Å². The number of thiol groups is 1. The molecule has 0 aromatic heterocycles. The Hall–Kier alpha value is -0.180. The quantitative estimate of drug-likeness (QED) is 0.586. The minimum Gasteiger partial charge on any atom is -0.330 e. The number of hydrogen-bond donors (Lipinski definition) is 2. The van der Waals surface area contributed by atoms with Gasteiger partial charge in [-0.05, 0) is 43.5 Å². The van der Waals surface area contributed by atoms with Crippen LogP contribution < -0.4 is 5.73 Å². The van der Waals surface area contributed by atoms with Crippen LogP contribution in [0.25, 0.3) is 0 Å². The fourth-order valence-corrected chi connectivity index (χ4v) is 1.55. The summed E-state index contributed by atoms with van der Waals surface area (Å²) in [6, 6.07) is 5.95. The third-order valence-electron chi connectivity index (χ3n) is 1.93. The fourth-order valence-electron chi connectivity index (χ4n) is 1.19. The Morgan fingerprint density at radius 2 is 2.08 bits per heavy atom. The molecule has 0 aliphatic heterocycles.